The number of hydrogen-bond donors (Lipinski definition) is 1. The second kappa shape index (κ2) is 30.1. The van der Waals surface area contributed by atoms with E-state index in [4.69, 9.17) is 14.2 Å². The molecule has 0 amide bonds. The van der Waals surface area contributed by atoms with Crippen molar-refractivity contribution in [2.24, 2.45) is 11.3 Å². The van der Waals surface area contributed by atoms with Crippen LogP contribution in [-0.4, -0.2) is 62.4 Å². The van der Waals surface area contributed by atoms with E-state index in [0.717, 1.165) is 89.5 Å². The molecule has 2 spiro atoms. The molecular weight excluding hydrogens is 733 g/mol. The van der Waals surface area contributed by atoms with Crippen LogP contribution < -0.4 is 5.32 Å². The maximum absolute atomic E-state index is 12.3. The maximum Gasteiger partial charge on any atom is 0.306 e. The van der Waals surface area contributed by atoms with Gasteiger partial charge in [-0.25, -0.2) is 0 Å². The zero-order valence-electron chi connectivity index (χ0n) is 37.0. The number of nitrogens with zero attached hydrogens (tertiary/aromatic N) is 1. The van der Waals surface area contributed by atoms with Gasteiger partial charge < -0.3 is 24.4 Å². The predicted octanol–water partition coefficient (Wildman–Crippen LogP) is 12.3. The quantitative estimate of drug-likeness (QED) is 0.193. The Balaban J connectivity index is 1.56. The van der Waals surface area contributed by atoms with E-state index in [-0.39, 0.29) is 23.6 Å². The lowest BCUT2D eigenvalue weighted by Crippen LogP contribution is -2.28. The molecular formula is C52H78N2O5. The summed E-state index contributed by atoms with van der Waals surface area (Å²) in [6, 6.07) is 0. The highest BCUT2D eigenvalue weighted by Gasteiger charge is 2.38. The number of cyclic esters (lactones) is 2. The maximum atomic E-state index is 12.3. The Bertz CT molecular complexity index is 1420. The van der Waals surface area contributed by atoms with Gasteiger partial charge in [0.25, 0.3) is 0 Å². The zero-order chi connectivity index (χ0) is 42.3. The Hall–Kier alpha value is -3.94. The summed E-state index contributed by atoms with van der Waals surface area (Å²) in [4.78, 5) is 26.9. The Kier molecular flexibility index (Phi) is 25.2. The second-order valence-electron chi connectivity index (χ2n) is 16.8. The number of esters is 2. The van der Waals surface area contributed by atoms with Crippen molar-refractivity contribution in [1.82, 2.24) is 10.2 Å². The van der Waals surface area contributed by atoms with Crippen LogP contribution in [0.4, 0.5) is 0 Å². The van der Waals surface area contributed by atoms with Crippen molar-refractivity contribution in [3.8, 4) is 0 Å². The standard InChI is InChI=1S/C52H78N2O5/c1-5-47(53-6-2)31-32-48-34-41-52(59-48)38-25-17-11-19-27-43-57-49(55)29-21-13-7-9-15-23-36-51(40-33-46(45-51)35-42-54(3)4)37-24-16-10-8-14-22-30-50(56)58-44-28-20-12-18-26-39-52/h5-8,13-20,23-28,46,48,53H,2,9-12,21-22,29-45H2,1,3-4H3/b13-7+,14-8+,23-15+,24-16+,25-17+,26-18+,27-19+,28-20+,47-5-. The predicted molar refractivity (Wildman–Crippen MR) is 247 cm³/mol. The third-order valence-corrected chi connectivity index (χ3v) is 11.7. The molecule has 1 N–H and O–H groups in total. The molecule has 1 aliphatic carbocycles. The van der Waals surface area contributed by atoms with E-state index in [9.17, 15) is 9.59 Å². The Morgan fingerprint density at radius 1 is 0.712 bits per heavy atom. The largest absolute Gasteiger partial charge is 0.461 e. The molecule has 2 aliphatic heterocycles. The second-order valence-corrected chi connectivity index (χ2v) is 16.8. The number of allylic oxidation sites excluding steroid dienone is 14. The third-order valence-electron chi connectivity index (χ3n) is 11.7. The van der Waals surface area contributed by atoms with Crippen LogP contribution in [0.1, 0.15) is 135 Å². The van der Waals surface area contributed by atoms with Gasteiger partial charge in [0.05, 0.1) is 11.7 Å². The highest BCUT2D eigenvalue weighted by molar-refractivity contribution is 5.70. The number of ether oxygens (including phenoxy) is 3. The highest BCUT2D eigenvalue weighted by atomic mass is 16.5. The van der Waals surface area contributed by atoms with E-state index in [1.807, 2.05) is 19.1 Å². The van der Waals surface area contributed by atoms with Gasteiger partial charge in [-0.3, -0.25) is 9.59 Å². The zero-order valence-corrected chi connectivity index (χ0v) is 37.0. The molecule has 2 heterocycles. The van der Waals surface area contributed by atoms with Gasteiger partial charge in [0, 0.05) is 18.5 Å². The normalized spacial score (nSPS) is 31.4. The topological polar surface area (TPSA) is 77.1 Å². The number of nitrogens with one attached hydrogen (secondary N) is 1. The SMILES string of the molecule is C=CN/C(=C\C)CCC1CCC2(C/C=C/C/C=C/COC(=O)CC/C=C/C/C=C/CC3(C/C=C/C/C=C/CCC(=O)OC/C=C/C/C=C/C2)CCC(CCN(C)C)C3)O1. The number of carbonyl (C=O) groups is 2. The van der Waals surface area contributed by atoms with Crippen LogP contribution >= 0.6 is 0 Å². The summed E-state index contributed by atoms with van der Waals surface area (Å²) in [5.74, 6) is 0.473. The minimum absolute atomic E-state index is 0.159. The molecule has 2 atom stereocenters. The lowest BCUT2D eigenvalue weighted by Gasteiger charge is -2.27. The van der Waals surface area contributed by atoms with Crippen LogP contribution in [0.3, 0.4) is 0 Å². The molecule has 3 rings (SSSR count). The molecule has 0 aromatic carbocycles. The molecule has 7 heteroatoms. The van der Waals surface area contributed by atoms with Gasteiger partial charge in [-0.15, -0.1) is 0 Å². The van der Waals surface area contributed by atoms with Gasteiger partial charge in [-0.2, -0.15) is 0 Å². The summed E-state index contributed by atoms with van der Waals surface area (Å²) >= 11 is 0. The van der Waals surface area contributed by atoms with Crippen molar-refractivity contribution in [1.29, 1.82) is 0 Å². The molecule has 3 aliphatic rings. The Morgan fingerprint density at radius 2 is 1.24 bits per heavy atom. The van der Waals surface area contributed by atoms with Crippen LogP contribution in [0.5, 0.6) is 0 Å². The van der Waals surface area contributed by atoms with Crippen LogP contribution in [0.2, 0.25) is 0 Å². The van der Waals surface area contributed by atoms with Gasteiger partial charge in [-0.05, 0) is 161 Å². The fourth-order valence-electron chi connectivity index (χ4n) is 8.25. The van der Waals surface area contributed by atoms with Crippen LogP contribution in [0, 0.1) is 11.3 Å². The molecule has 0 aromatic rings. The molecule has 2 fully saturated rings. The monoisotopic (exact) mass is 811 g/mol. The fourth-order valence-corrected chi connectivity index (χ4v) is 8.25. The van der Waals surface area contributed by atoms with Crippen molar-refractivity contribution in [2.45, 2.75) is 147 Å². The van der Waals surface area contributed by atoms with Crippen molar-refractivity contribution < 1.29 is 23.8 Å². The lowest BCUT2D eigenvalue weighted by molar-refractivity contribution is -0.143. The first kappa shape index (κ1) is 49.4. The highest BCUT2D eigenvalue weighted by Crippen LogP contribution is 2.49. The van der Waals surface area contributed by atoms with E-state index >= 15 is 0 Å². The average molecular weight is 811 g/mol. The first-order chi connectivity index (χ1) is 28.8. The van der Waals surface area contributed by atoms with E-state index in [1.165, 1.54) is 31.4 Å². The van der Waals surface area contributed by atoms with Gasteiger partial charge in [-0.1, -0.05) is 110 Å². The van der Waals surface area contributed by atoms with E-state index in [1.54, 1.807) is 6.20 Å². The molecule has 0 aromatic heterocycles. The molecule has 326 valence electrons. The summed E-state index contributed by atoms with van der Waals surface area (Å²) in [5, 5.41) is 3.23. The van der Waals surface area contributed by atoms with E-state index in [0.29, 0.717) is 44.3 Å². The van der Waals surface area contributed by atoms with Gasteiger partial charge in [0.2, 0.25) is 0 Å². The third kappa shape index (κ3) is 22.3. The Morgan fingerprint density at radius 3 is 1.76 bits per heavy atom. The summed E-state index contributed by atoms with van der Waals surface area (Å²) in [5.41, 5.74) is 1.27. The summed E-state index contributed by atoms with van der Waals surface area (Å²) < 4.78 is 17.7. The van der Waals surface area contributed by atoms with Crippen molar-refractivity contribution in [2.75, 3.05) is 33.9 Å². The molecule has 1 saturated heterocycles. The van der Waals surface area contributed by atoms with Crippen LogP contribution in [-0.2, 0) is 23.8 Å². The van der Waals surface area contributed by atoms with Crippen LogP contribution in [0.25, 0.3) is 0 Å². The summed E-state index contributed by atoms with van der Waals surface area (Å²) in [7, 11) is 4.33. The fraction of sp³-hybridized carbons (Fsp3) is 0.577. The first-order valence-electron chi connectivity index (χ1n) is 22.6. The molecule has 1 saturated carbocycles. The van der Waals surface area contributed by atoms with E-state index < -0.39 is 0 Å². The Labute approximate surface area is 358 Å². The molecule has 7 nitrogen and oxygen atoms in total. The average Bonchev–Trinajstić information content (AvgIpc) is 3.83. The number of rotatable bonds is 8. The molecule has 59 heavy (non-hydrogen) atoms. The van der Waals surface area contributed by atoms with Gasteiger partial charge in [0.1, 0.15) is 13.2 Å². The molecule has 2 unspecified atom stereocenters. The van der Waals surface area contributed by atoms with Gasteiger partial charge in [0.15, 0.2) is 0 Å². The molecule has 0 radical (unpaired) electrons. The van der Waals surface area contributed by atoms with Crippen molar-refractivity contribution >= 4 is 11.9 Å². The minimum atomic E-state index is -0.225. The van der Waals surface area contributed by atoms with Crippen LogP contribution in [0.15, 0.2) is 122 Å². The number of carbonyl (C=O) groups excluding carboxylic acids is 2. The first-order valence-corrected chi connectivity index (χ1v) is 22.6. The van der Waals surface area contributed by atoms with Crippen molar-refractivity contribution in [3.05, 3.63) is 122 Å². The number of hydrogen-bond acceptors (Lipinski definition) is 7. The smallest absolute Gasteiger partial charge is 0.306 e. The summed E-state index contributed by atoms with van der Waals surface area (Å²) in [6.07, 6.45) is 57.2. The van der Waals surface area contributed by atoms with E-state index in [2.05, 4.69) is 122 Å². The van der Waals surface area contributed by atoms with Crippen molar-refractivity contribution in [3.63, 3.8) is 0 Å². The lowest BCUT2D eigenvalue weighted by atomic mass is 9.78. The summed E-state index contributed by atoms with van der Waals surface area (Å²) in [6.45, 7) is 7.59. The van der Waals surface area contributed by atoms with Gasteiger partial charge >= 0.3 is 11.9 Å². The minimum Gasteiger partial charge on any atom is -0.461 e. The molecule has 0 bridgehead atoms.